The number of carbonyl (C=O) groups excluding carboxylic acids is 1. The molecule has 4 N–H and O–H groups in total. The molecule has 8 nitrogen and oxygen atoms in total. The van der Waals surface area contributed by atoms with Crippen molar-refractivity contribution in [2.75, 3.05) is 13.1 Å². The van der Waals surface area contributed by atoms with Gasteiger partial charge in [-0.1, -0.05) is 0 Å². The van der Waals surface area contributed by atoms with Gasteiger partial charge in [0.05, 0.1) is 10.2 Å². The first-order valence-electron chi connectivity index (χ1n) is 9.33. The van der Waals surface area contributed by atoms with Crippen molar-refractivity contribution in [2.24, 2.45) is 11.7 Å². The number of aromatic nitrogens is 2. The van der Waals surface area contributed by atoms with E-state index in [1.807, 2.05) is 4.57 Å². The Kier molecular flexibility index (Phi) is 4.01. The Bertz CT molecular complexity index is 1060. The van der Waals surface area contributed by atoms with Crippen molar-refractivity contribution in [1.82, 2.24) is 14.5 Å². The quantitative estimate of drug-likeness (QED) is 0.644. The van der Waals surface area contributed by atoms with Crippen molar-refractivity contribution in [3.8, 4) is 11.4 Å². The van der Waals surface area contributed by atoms with Gasteiger partial charge in [0, 0.05) is 30.6 Å². The van der Waals surface area contributed by atoms with E-state index in [1.54, 1.807) is 6.07 Å². The van der Waals surface area contributed by atoms with Crippen LogP contribution in [0.25, 0.3) is 11.4 Å². The van der Waals surface area contributed by atoms with Crippen LogP contribution >= 0.6 is 15.9 Å². The molecule has 1 atom stereocenters. The van der Waals surface area contributed by atoms with Gasteiger partial charge in [-0.25, -0.2) is 14.2 Å². The zero-order valence-corrected chi connectivity index (χ0v) is 16.8. The van der Waals surface area contributed by atoms with Crippen LogP contribution in [0.5, 0.6) is 0 Å². The molecule has 1 aromatic heterocycles. The van der Waals surface area contributed by atoms with E-state index in [2.05, 4.69) is 20.9 Å². The molecule has 2 aromatic rings. The van der Waals surface area contributed by atoms with Gasteiger partial charge in [0.1, 0.15) is 17.7 Å². The summed E-state index contributed by atoms with van der Waals surface area (Å²) in [5.41, 5.74) is 7.44. The SMILES string of the molecule is NC(=O)c1nc2n(c1C(O)C1CN(C(=O)O)C1)C1CC(C1)c1cc(F)c(Br)cc1-2. The Morgan fingerprint density at radius 2 is 2.00 bits per heavy atom. The number of hydrogen-bond donors (Lipinski definition) is 3. The number of aliphatic hydroxyl groups is 1. The summed E-state index contributed by atoms with van der Waals surface area (Å²) in [5.74, 6) is -0.780. The molecule has 0 spiro atoms. The summed E-state index contributed by atoms with van der Waals surface area (Å²) >= 11 is 3.22. The molecule has 2 fully saturated rings. The summed E-state index contributed by atoms with van der Waals surface area (Å²) in [6, 6.07) is 3.17. The van der Waals surface area contributed by atoms with E-state index >= 15 is 0 Å². The van der Waals surface area contributed by atoms with Crippen molar-refractivity contribution in [3.63, 3.8) is 0 Å². The molecule has 2 amide bonds. The van der Waals surface area contributed by atoms with Gasteiger partial charge in [0.25, 0.3) is 5.91 Å². The van der Waals surface area contributed by atoms with Gasteiger partial charge in [0.15, 0.2) is 5.69 Å². The van der Waals surface area contributed by atoms with Gasteiger partial charge >= 0.3 is 6.09 Å². The normalized spacial score (nSPS) is 23.3. The molecule has 3 aliphatic heterocycles. The molecule has 1 aromatic carbocycles. The van der Waals surface area contributed by atoms with E-state index in [-0.39, 0.29) is 42.5 Å². The summed E-state index contributed by atoms with van der Waals surface area (Å²) in [6.45, 7) is 0.353. The molecule has 1 saturated carbocycles. The fraction of sp³-hybridized carbons (Fsp3) is 0.421. The molecular formula is C19H18BrFN4O4. The van der Waals surface area contributed by atoms with E-state index in [9.17, 15) is 19.1 Å². The van der Waals surface area contributed by atoms with Crippen molar-refractivity contribution in [3.05, 3.63) is 39.4 Å². The summed E-state index contributed by atoms with van der Waals surface area (Å²) in [7, 11) is 0. The highest BCUT2D eigenvalue weighted by molar-refractivity contribution is 9.10. The predicted octanol–water partition coefficient (Wildman–Crippen LogP) is 2.63. The minimum atomic E-state index is -1.07. The van der Waals surface area contributed by atoms with Gasteiger partial charge in [-0.15, -0.1) is 0 Å². The average Bonchev–Trinajstić information content (AvgIpc) is 2.84. The first-order valence-corrected chi connectivity index (χ1v) is 10.1. The molecule has 6 rings (SSSR count). The van der Waals surface area contributed by atoms with Crippen LogP contribution in [0.15, 0.2) is 16.6 Å². The topological polar surface area (TPSA) is 122 Å². The Morgan fingerprint density at radius 1 is 1.31 bits per heavy atom. The van der Waals surface area contributed by atoms with E-state index in [1.165, 1.54) is 11.0 Å². The Morgan fingerprint density at radius 3 is 2.62 bits per heavy atom. The number of hydrogen-bond acceptors (Lipinski definition) is 4. The van der Waals surface area contributed by atoms with Crippen molar-refractivity contribution < 1.29 is 24.2 Å². The van der Waals surface area contributed by atoms with E-state index < -0.39 is 18.1 Å². The third-order valence-electron chi connectivity index (χ3n) is 6.34. The van der Waals surface area contributed by atoms with Crippen LogP contribution in [0.1, 0.15) is 52.7 Å². The van der Waals surface area contributed by atoms with Gasteiger partial charge < -0.3 is 25.4 Å². The number of nitrogens with two attached hydrogens (primary N) is 1. The van der Waals surface area contributed by atoms with Crippen LogP contribution in [-0.4, -0.2) is 49.8 Å². The lowest BCUT2D eigenvalue weighted by atomic mass is 9.75. The number of carboxylic acid groups (broad SMARTS) is 1. The van der Waals surface area contributed by atoms with Crippen molar-refractivity contribution >= 4 is 27.9 Å². The highest BCUT2D eigenvalue weighted by atomic mass is 79.9. The molecule has 4 heterocycles. The van der Waals surface area contributed by atoms with Gasteiger partial charge in [-0.3, -0.25) is 4.79 Å². The minimum absolute atomic E-state index is 0.0157. The van der Waals surface area contributed by atoms with Gasteiger partial charge in [-0.05, 0) is 52.4 Å². The molecule has 1 aliphatic carbocycles. The fourth-order valence-corrected chi connectivity index (χ4v) is 5.05. The number of rotatable bonds is 3. The lowest BCUT2D eigenvalue weighted by molar-refractivity contribution is -0.00256. The second kappa shape index (κ2) is 6.27. The monoisotopic (exact) mass is 464 g/mol. The summed E-state index contributed by atoms with van der Waals surface area (Å²) < 4.78 is 16.3. The molecule has 10 heteroatoms. The Balaban J connectivity index is 1.65. The maximum atomic E-state index is 14.2. The number of likely N-dealkylation sites (tertiary alicyclic amines) is 1. The molecule has 2 bridgehead atoms. The summed E-state index contributed by atoms with van der Waals surface area (Å²) in [5, 5.41) is 20.1. The number of carbonyl (C=O) groups is 2. The lowest BCUT2D eigenvalue weighted by Gasteiger charge is -2.41. The van der Waals surface area contributed by atoms with Crippen molar-refractivity contribution in [1.29, 1.82) is 0 Å². The highest BCUT2D eigenvalue weighted by Gasteiger charge is 2.45. The van der Waals surface area contributed by atoms with E-state index in [0.717, 1.165) is 18.4 Å². The number of imidazole rings is 1. The van der Waals surface area contributed by atoms with Crippen molar-refractivity contribution in [2.45, 2.75) is 30.9 Å². The van der Waals surface area contributed by atoms with Gasteiger partial charge in [-0.2, -0.15) is 0 Å². The zero-order valence-electron chi connectivity index (χ0n) is 15.2. The molecule has 152 valence electrons. The highest BCUT2D eigenvalue weighted by Crippen LogP contribution is 2.54. The number of halogens is 2. The molecule has 29 heavy (non-hydrogen) atoms. The van der Waals surface area contributed by atoms with Crippen LogP contribution in [0.4, 0.5) is 9.18 Å². The second-order valence-electron chi connectivity index (χ2n) is 7.97. The molecule has 4 aliphatic rings. The minimum Gasteiger partial charge on any atom is -0.465 e. The lowest BCUT2D eigenvalue weighted by Crippen LogP contribution is -2.52. The Hall–Kier alpha value is -2.46. The summed E-state index contributed by atoms with van der Waals surface area (Å²) in [6.07, 6.45) is -0.611. The van der Waals surface area contributed by atoms with E-state index in [4.69, 9.17) is 10.8 Å². The number of amides is 2. The summed E-state index contributed by atoms with van der Waals surface area (Å²) in [4.78, 5) is 28.9. The maximum absolute atomic E-state index is 14.2. The van der Waals surface area contributed by atoms with Crippen LogP contribution in [0, 0.1) is 11.7 Å². The first-order chi connectivity index (χ1) is 13.8. The molecule has 1 unspecified atom stereocenters. The maximum Gasteiger partial charge on any atom is 0.407 e. The molecular weight excluding hydrogens is 447 g/mol. The number of benzene rings is 1. The van der Waals surface area contributed by atoms with Crippen LogP contribution in [0.3, 0.4) is 0 Å². The van der Waals surface area contributed by atoms with Gasteiger partial charge in [0.2, 0.25) is 0 Å². The largest absolute Gasteiger partial charge is 0.465 e. The number of nitrogens with zero attached hydrogens (tertiary/aromatic N) is 3. The standard InChI is InChI=1S/C19H18BrFN4O4/c20-12-3-11-10(4-13(12)21)7-1-9(2-7)25-15(14(17(22)27)23-18(11)25)16(26)8-5-24(6-8)19(28)29/h3-4,7-9,16,26H,1-2,5-6H2,(H2,22,27)(H,28,29). The van der Waals surface area contributed by atoms with Crippen LogP contribution in [0.2, 0.25) is 0 Å². The van der Waals surface area contributed by atoms with Crippen LogP contribution in [-0.2, 0) is 0 Å². The zero-order chi connectivity index (χ0) is 20.6. The molecule has 0 radical (unpaired) electrons. The number of primary amides is 1. The first kappa shape index (κ1) is 18.6. The Labute approximate surface area is 173 Å². The van der Waals surface area contributed by atoms with Crippen LogP contribution < -0.4 is 5.73 Å². The number of aliphatic hydroxyl groups excluding tert-OH is 1. The third-order valence-corrected chi connectivity index (χ3v) is 6.95. The smallest absolute Gasteiger partial charge is 0.407 e. The fourth-order valence-electron chi connectivity index (χ4n) is 4.71. The van der Waals surface area contributed by atoms with E-state index in [0.29, 0.717) is 21.6 Å². The average molecular weight is 465 g/mol. The molecule has 1 saturated heterocycles. The second-order valence-corrected chi connectivity index (χ2v) is 8.83. The third kappa shape index (κ3) is 2.62. The predicted molar refractivity (Wildman–Crippen MR) is 103 cm³/mol.